The summed E-state index contributed by atoms with van der Waals surface area (Å²) in [6, 6.07) is 14.3. The van der Waals surface area contributed by atoms with Gasteiger partial charge in [-0.25, -0.2) is 15.0 Å². The summed E-state index contributed by atoms with van der Waals surface area (Å²) < 4.78 is 10.8. The lowest BCUT2D eigenvalue weighted by molar-refractivity contribution is -0.144. The number of para-hydroxylation sites is 2. The van der Waals surface area contributed by atoms with E-state index in [1.54, 1.807) is 36.7 Å². The average Bonchev–Trinajstić information content (AvgIpc) is 3.52. The molecule has 3 heterocycles. The number of methoxy groups -OCH3 is 1. The van der Waals surface area contributed by atoms with Crippen molar-refractivity contribution in [2.45, 2.75) is 6.42 Å². The van der Waals surface area contributed by atoms with Crippen LogP contribution in [0.4, 0.5) is 5.82 Å². The monoisotopic (exact) mass is 443 g/mol. The highest BCUT2D eigenvalue weighted by Gasteiger charge is 2.31. The standard InChI is InChI=1S/C24H21N5O4/c1-32-24(31)16-10-13-29(14-16)22-23(26-12-11-25-22)33-17-8-6-15(7-9-17)20(30)21-27-18-4-2-3-5-19(18)28-21/h2-9,11-12,16H,10,13-14H2,1H3,(H,27,28)/t16-/m0/s1. The van der Waals surface area contributed by atoms with Crippen molar-refractivity contribution >= 4 is 28.6 Å². The lowest BCUT2D eigenvalue weighted by atomic mass is 10.1. The number of carbonyl (C=O) groups is 2. The van der Waals surface area contributed by atoms with Crippen LogP contribution in [-0.2, 0) is 9.53 Å². The van der Waals surface area contributed by atoms with E-state index < -0.39 is 0 Å². The third-order valence-electron chi connectivity index (χ3n) is 5.60. The summed E-state index contributed by atoms with van der Waals surface area (Å²) in [6.07, 6.45) is 3.82. The Hall–Kier alpha value is -4.27. The summed E-state index contributed by atoms with van der Waals surface area (Å²) in [6.45, 7) is 1.15. The summed E-state index contributed by atoms with van der Waals surface area (Å²) in [5, 5.41) is 0. The van der Waals surface area contributed by atoms with E-state index in [2.05, 4.69) is 19.9 Å². The summed E-state index contributed by atoms with van der Waals surface area (Å²) in [5.74, 6) is 1.06. The first-order valence-electron chi connectivity index (χ1n) is 10.5. The minimum atomic E-state index is -0.228. The minimum Gasteiger partial charge on any atom is -0.469 e. The maximum Gasteiger partial charge on any atom is 0.310 e. The van der Waals surface area contributed by atoms with Gasteiger partial charge in [0.1, 0.15) is 5.75 Å². The van der Waals surface area contributed by atoms with E-state index in [4.69, 9.17) is 9.47 Å². The van der Waals surface area contributed by atoms with Gasteiger partial charge in [0.15, 0.2) is 11.6 Å². The number of ketones is 1. The first-order valence-corrected chi connectivity index (χ1v) is 10.5. The van der Waals surface area contributed by atoms with Crippen LogP contribution >= 0.6 is 0 Å². The molecular formula is C24H21N5O4. The van der Waals surface area contributed by atoms with Crippen LogP contribution in [0.1, 0.15) is 22.6 Å². The molecule has 9 heteroatoms. The number of nitrogens with zero attached hydrogens (tertiary/aromatic N) is 4. The second kappa shape index (κ2) is 8.70. The fraction of sp³-hybridized carbons (Fsp3) is 0.208. The number of nitrogens with one attached hydrogen (secondary N) is 1. The molecule has 0 amide bonds. The largest absolute Gasteiger partial charge is 0.469 e. The number of ether oxygens (including phenoxy) is 2. The van der Waals surface area contributed by atoms with Gasteiger partial charge in [-0.05, 0) is 42.8 Å². The van der Waals surface area contributed by atoms with Crippen LogP contribution in [0, 0.1) is 5.92 Å². The third kappa shape index (κ3) is 4.12. The normalized spacial score (nSPS) is 15.5. The van der Waals surface area contributed by atoms with Gasteiger partial charge < -0.3 is 19.4 Å². The van der Waals surface area contributed by atoms with Gasteiger partial charge in [0.05, 0.1) is 24.1 Å². The van der Waals surface area contributed by atoms with E-state index >= 15 is 0 Å². The Morgan fingerprint density at radius 3 is 2.64 bits per heavy atom. The predicted octanol–water partition coefficient (Wildman–Crippen LogP) is 3.38. The third-order valence-corrected chi connectivity index (χ3v) is 5.60. The summed E-state index contributed by atoms with van der Waals surface area (Å²) in [5.41, 5.74) is 2.04. The highest BCUT2D eigenvalue weighted by molar-refractivity contribution is 6.08. The molecule has 0 spiro atoms. The molecule has 166 valence electrons. The van der Waals surface area contributed by atoms with Gasteiger partial charge in [0.2, 0.25) is 5.78 Å². The minimum absolute atomic E-state index is 0.201. The highest BCUT2D eigenvalue weighted by Crippen LogP contribution is 2.32. The SMILES string of the molecule is COC(=O)[C@H]1CCN(c2nccnc2Oc2ccc(C(=O)c3nc4ccccc4[nH]3)cc2)C1. The van der Waals surface area contributed by atoms with Crippen LogP contribution in [0.25, 0.3) is 11.0 Å². The van der Waals surface area contributed by atoms with Crippen LogP contribution in [0.15, 0.2) is 60.9 Å². The van der Waals surface area contributed by atoms with Crippen molar-refractivity contribution in [1.29, 1.82) is 0 Å². The molecule has 2 aromatic carbocycles. The van der Waals surface area contributed by atoms with Crippen LogP contribution < -0.4 is 9.64 Å². The van der Waals surface area contributed by atoms with E-state index in [0.717, 1.165) is 11.0 Å². The molecule has 5 rings (SSSR count). The van der Waals surface area contributed by atoms with E-state index in [1.807, 2.05) is 29.2 Å². The molecule has 1 atom stereocenters. The number of benzene rings is 2. The lowest BCUT2D eigenvalue weighted by Gasteiger charge is -2.19. The van der Waals surface area contributed by atoms with Crippen LogP contribution in [-0.4, -0.2) is 51.9 Å². The number of carbonyl (C=O) groups excluding carboxylic acids is 2. The number of anilines is 1. The number of fused-ring (bicyclic) bond motifs is 1. The Balaban J connectivity index is 1.32. The number of hydrogen-bond acceptors (Lipinski definition) is 8. The van der Waals surface area contributed by atoms with Crippen LogP contribution in [0.3, 0.4) is 0 Å². The topological polar surface area (TPSA) is 110 Å². The first-order chi connectivity index (χ1) is 16.1. The van der Waals surface area contributed by atoms with Gasteiger partial charge in [-0.2, -0.15) is 0 Å². The van der Waals surface area contributed by atoms with Gasteiger partial charge >= 0.3 is 5.97 Å². The molecule has 1 saturated heterocycles. The van der Waals surface area contributed by atoms with Gasteiger partial charge in [0, 0.05) is 31.0 Å². The number of hydrogen-bond donors (Lipinski definition) is 1. The van der Waals surface area contributed by atoms with E-state index in [0.29, 0.717) is 42.5 Å². The van der Waals surface area contributed by atoms with Gasteiger partial charge in [-0.3, -0.25) is 9.59 Å². The Labute approximate surface area is 189 Å². The molecule has 0 unspecified atom stereocenters. The zero-order valence-corrected chi connectivity index (χ0v) is 17.9. The molecule has 1 fully saturated rings. The summed E-state index contributed by atoms with van der Waals surface area (Å²) >= 11 is 0. The molecule has 2 aromatic heterocycles. The number of esters is 1. The molecule has 0 saturated carbocycles. The Bertz CT molecular complexity index is 1280. The molecular weight excluding hydrogens is 422 g/mol. The van der Waals surface area contributed by atoms with Gasteiger partial charge in [-0.1, -0.05) is 12.1 Å². The Morgan fingerprint density at radius 1 is 1.06 bits per heavy atom. The number of aromatic nitrogens is 4. The molecule has 0 bridgehead atoms. The molecule has 1 aliphatic heterocycles. The molecule has 1 N–H and O–H groups in total. The Morgan fingerprint density at radius 2 is 1.85 bits per heavy atom. The number of aromatic amines is 1. The molecule has 33 heavy (non-hydrogen) atoms. The van der Waals surface area contributed by atoms with E-state index in [9.17, 15) is 9.59 Å². The smallest absolute Gasteiger partial charge is 0.310 e. The lowest BCUT2D eigenvalue weighted by Crippen LogP contribution is -2.24. The van der Waals surface area contributed by atoms with Gasteiger partial charge in [0.25, 0.3) is 5.88 Å². The molecule has 0 aliphatic carbocycles. The van der Waals surface area contributed by atoms with Crippen molar-refractivity contribution in [3.63, 3.8) is 0 Å². The van der Waals surface area contributed by atoms with Crippen LogP contribution in [0.2, 0.25) is 0 Å². The second-order valence-electron chi connectivity index (χ2n) is 7.70. The highest BCUT2D eigenvalue weighted by atomic mass is 16.5. The average molecular weight is 443 g/mol. The van der Waals surface area contributed by atoms with Crippen molar-refractivity contribution in [2.24, 2.45) is 5.92 Å². The number of imidazole rings is 1. The number of H-pyrrole nitrogens is 1. The van der Waals surface area contributed by atoms with Crippen LogP contribution in [0.5, 0.6) is 11.6 Å². The zero-order valence-electron chi connectivity index (χ0n) is 17.9. The fourth-order valence-electron chi connectivity index (χ4n) is 3.90. The first kappa shape index (κ1) is 20.6. The molecule has 9 nitrogen and oxygen atoms in total. The van der Waals surface area contributed by atoms with E-state index in [-0.39, 0.29) is 23.5 Å². The summed E-state index contributed by atoms with van der Waals surface area (Å²) in [7, 11) is 1.39. The second-order valence-corrected chi connectivity index (χ2v) is 7.70. The van der Waals surface area contributed by atoms with Crippen molar-refractivity contribution in [2.75, 3.05) is 25.1 Å². The van der Waals surface area contributed by atoms with Crippen molar-refractivity contribution < 1.29 is 19.1 Å². The zero-order chi connectivity index (χ0) is 22.8. The number of rotatable bonds is 6. The Kier molecular flexibility index (Phi) is 5.43. The predicted molar refractivity (Wildman–Crippen MR) is 120 cm³/mol. The maximum atomic E-state index is 12.8. The molecule has 1 aliphatic rings. The quantitative estimate of drug-likeness (QED) is 0.357. The summed E-state index contributed by atoms with van der Waals surface area (Å²) in [4.78, 5) is 42.8. The maximum absolute atomic E-state index is 12.8. The molecule has 4 aromatic rings. The van der Waals surface area contributed by atoms with Crippen molar-refractivity contribution in [1.82, 2.24) is 19.9 Å². The van der Waals surface area contributed by atoms with Gasteiger partial charge in [-0.15, -0.1) is 0 Å². The van der Waals surface area contributed by atoms with E-state index in [1.165, 1.54) is 7.11 Å². The van der Waals surface area contributed by atoms with Crippen molar-refractivity contribution in [3.05, 3.63) is 72.3 Å². The molecule has 0 radical (unpaired) electrons. The fourth-order valence-corrected chi connectivity index (χ4v) is 3.90. The van der Waals surface area contributed by atoms with Crippen molar-refractivity contribution in [3.8, 4) is 11.6 Å².